The van der Waals surface area contributed by atoms with Crippen molar-refractivity contribution in [3.05, 3.63) is 23.8 Å². The molecule has 7 nitrogen and oxygen atoms in total. The molecular weight excluding hydrogens is 296 g/mol. The lowest BCUT2D eigenvalue weighted by Crippen LogP contribution is -2.53. The molecule has 0 aliphatic carbocycles. The minimum Gasteiger partial charge on any atom is -0.465 e. The SMILES string of the molecule is CCOc1nc2ccc(C(=O)NC3CCC(=O)NC3C)cc2[nH]1. The van der Waals surface area contributed by atoms with Crippen molar-refractivity contribution < 1.29 is 14.3 Å². The highest BCUT2D eigenvalue weighted by Crippen LogP contribution is 2.18. The van der Waals surface area contributed by atoms with Crippen LogP contribution in [0.2, 0.25) is 0 Å². The summed E-state index contributed by atoms with van der Waals surface area (Å²) in [5.74, 6) is -0.127. The number of imidazole rings is 1. The van der Waals surface area contributed by atoms with Crippen LogP contribution in [0.15, 0.2) is 18.2 Å². The summed E-state index contributed by atoms with van der Waals surface area (Å²) in [5.41, 5.74) is 2.06. The van der Waals surface area contributed by atoms with Crippen LogP contribution in [-0.2, 0) is 4.79 Å². The van der Waals surface area contributed by atoms with Gasteiger partial charge in [-0.15, -0.1) is 0 Å². The fourth-order valence-corrected chi connectivity index (χ4v) is 2.74. The van der Waals surface area contributed by atoms with Crippen LogP contribution in [0.25, 0.3) is 11.0 Å². The topological polar surface area (TPSA) is 96.1 Å². The van der Waals surface area contributed by atoms with E-state index >= 15 is 0 Å². The van der Waals surface area contributed by atoms with Crippen molar-refractivity contribution in [2.75, 3.05) is 6.61 Å². The summed E-state index contributed by atoms with van der Waals surface area (Å²) in [7, 11) is 0. The molecule has 1 aliphatic rings. The Morgan fingerprint density at radius 3 is 3.04 bits per heavy atom. The predicted molar refractivity (Wildman–Crippen MR) is 85.4 cm³/mol. The summed E-state index contributed by atoms with van der Waals surface area (Å²) in [6.45, 7) is 4.31. The maximum absolute atomic E-state index is 12.4. The van der Waals surface area contributed by atoms with Gasteiger partial charge in [0.15, 0.2) is 0 Å². The second kappa shape index (κ2) is 6.28. The minimum absolute atomic E-state index is 0.0327. The molecule has 3 rings (SSSR count). The zero-order chi connectivity index (χ0) is 16.4. The van der Waals surface area contributed by atoms with Gasteiger partial charge in [-0.3, -0.25) is 9.59 Å². The number of H-pyrrole nitrogens is 1. The van der Waals surface area contributed by atoms with Gasteiger partial charge in [-0.25, -0.2) is 0 Å². The number of amides is 2. The summed E-state index contributed by atoms with van der Waals surface area (Å²) in [6, 6.07) is 5.60. The Balaban J connectivity index is 1.74. The number of aromatic nitrogens is 2. The normalized spacial score (nSPS) is 21.0. The van der Waals surface area contributed by atoms with Crippen LogP contribution in [0.3, 0.4) is 0 Å². The zero-order valence-electron chi connectivity index (χ0n) is 13.2. The fraction of sp³-hybridized carbons (Fsp3) is 0.438. The van der Waals surface area contributed by atoms with Gasteiger partial charge in [-0.05, 0) is 38.5 Å². The largest absolute Gasteiger partial charge is 0.465 e. The first kappa shape index (κ1) is 15.3. The molecule has 0 radical (unpaired) electrons. The molecule has 2 unspecified atom stereocenters. The number of piperidine rings is 1. The van der Waals surface area contributed by atoms with Crippen molar-refractivity contribution in [1.29, 1.82) is 0 Å². The van der Waals surface area contributed by atoms with E-state index < -0.39 is 0 Å². The van der Waals surface area contributed by atoms with E-state index in [2.05, 4.69) is 20.6 Å². The van der Waals surface area contributed by atoms with Crippen LogP contribution in [0.4, 0.5) is 0 Å². The zero-order valence-corrected chi connectivity index (χ0v) is 13.2. The van der Waals surface area contributed by atoms with Gasteiger partial charge in [-0.1, -0.05) is 0 Å². The van der Waals surface area contributed by atoms with Crippen molar-refractivity contribution >= 4 is 22.8 Å². The molecule has 1 fully saturated rings. The third-order valence-electron chi connectivity index (χ3n) is 3.99. The average molecular weight is 316 g/mol. The molecular formula is C16H20N4O3. The Morgan fingerprint density at radius 1 is 1.48 bits per heavy atom. The van der Waals surface area contributed by atoms with Gasteiger partial charge in [0, 0.05) is 24.1 Å². The Hall–Kier alpha value is -2.57. The fourth-order valence-electron chi connectivity index (χ4n) is 2.74. The van der Waals surface area contributed by atoms with Gasteiger partial charge in [0.05, 0.1) is 17.6 Å². The van der Waals surface area contributed by atoms with E-state index in [9.17, 15) is 9.59 Å². The third-order valence-corrected chi connectivity index (χ3v) is 3.99. The highest BCUT2D eigenvalue weighted by atomic mass is 16.5. The van der Waals surface area contributed by atoms with E-state index in [1.807, 2.05) is 13.8 Å². The molecule has 1 aliphatic heterocycles. The van der Waals surface area contributed by atoms with Crippen LogP contribution in [-0.4, -0.2) is 40.5 Å². The highest BCUT2D eigenvalue weighted by Gasteiger charge is 2.26. The second-order valence-corrected chi connectivity index (χ2v) is 5.68. The van der Waals surface area contributed by atoms with Crippen molar-refractivity contribution in [3.8, 4) is 6.01 Å². The number of hydrogen-bond donors (Lipinski definition) is 3. The molecule has 2 amide bonds. The van der Waals surface area contributed by atoms with Crippen LogP contribution < -0.4 is 15.4 Å². The van der Waals surface area contributed by atoms with E-state index in [0.29, 0.717) is 31.0 Å². The van der Waals surface area contributed by atoms with Crippen molar-refractivity contribution in [2.45, 2.75) is 38.8 Å². The molecule has 23 heavy (non-hydrogen) atoms. The maximum atomic E-state index is 12.4. The van der Waals surface area contributed by atoms with E-state index in [1.54, 1.807) is 18.2 Å². The van der Waals surface area contributed by atoms with E-state index in [4.69, 9.17) is 4.74 Å². The Bertz CT molecular complexity index is 740. The van der Waals surface area contributed by atoms with Crippen molar-refractivity contribution in [3.63, 3.8) is 0 Å². The molecule has 0 bridgehead atoms. The van der Waals surface area contributed by atoms with Crippen LogP contribution in [0.1, 0.15) is 37.0 Å². The van der Waals surface area contributed by atoms with E-state index in [0.717, 1.165) is 11.0 Å². The van der Waals surface area contributed by atoms with Crippen LogP contribution >= 0.6 is 0 Å². The molecule has 7 heteroatoms. The number of nitrogens with one attached hydrogen (secondary N) is 3. The third kappa shape index (κ3) is 3.28. The number of hydrogen-bond acceptors (Lipinski definition) is 4. The molecule has 2 heterocycles. The molecule has 0 saturated carbocycles. The van der Waals surface area contributed by atoms with Gasteiger partial charge in [0.2, 0.25) is 5.91 Å². The minimum atomic E-state index is -0.160. The standard InChI is InChI=1S/C16H20N4O3/c1-3-23-16-19-12-5-4-10(8-13(12)20-16)15(22)18-11-6-7-14(21)17-9(11)2/h4-5,8-9,11H,3,6-7H2,1-2H3,(H,17,21)(H,18,22)(H,19,20). The molecule has 3 N–H and O–H groups in total. The van der Waals surface area contributed by atoms with Gasteiger partial charge in [0.1, 0.15) is 0 Å². The quantitative estimate of drug-likeness (QED) is 0.793. The first-order valence-corrected chi connectivity index (χ1v) is 7.79. The van der Waals surface area contributed by atoms with Crippen LogP contribution in [0, 0.1) is 0 Å². The maximum Gasteiger partial charge on any atom is 0.294 e. The number of rotatable bonds is 4. The van der Waals surface area contributed by atoms with Crippen LogP contribution in [0.5, 0.6) is 6.01 Å². The number of carbonyl (C=O) groups excluding carboxylic acids is 2. The summed E-state index contributed by atoms with van der Waals surface area (Å²) in [4.78, 5) is 31.1. The molecule has 1 aromatic carbocycles. The van der Waals surface area contributed by atoms with Gasteiger partial charge < -0.3 is 20.4 Å². The first-order chi connectivity index (χ1) is 11.1. The molecule has 2 aromatic rings. The predicted octanol–water partition coefficient (Wildman–Crippen LogP) is 1.36. The lowest BCUT2D eigenvalue weighted by Gasteiger charge is -2.30. The van der Waals surface area contributed by atoms with Gasteiger partial charge in [-0.2, -0.15) is 4.98 Å². The number of aromatic amines is 1. The Labute approximate surface area is 133 Å². The lowest BCUT2D eigenvalue weighted by molar-refractivity contribution is -0.123. The number of nitrogens with zero attached hydrogens (tertiary/aromatic N) is 1. The summed E-state index contributed by atoms with van der Waals surface area (Å²) in [5, 5.41) is 5.83. The van der Waals surface area contributed by atoms with E-state index in [-0.39, 0.29) is 23.9 Å². The number of carbonyl (C=O) groups is 2. The molecule has 122 valence electrons. The van der Waals surface area contributed by atoms with Gasteiger partial charge >= 0.3 is 0 Å². The number of fused-ring (bicyclic) bond motifs is 1. The average Bonchev–Trinajstić information content (AvgIpc) is 2.91. The first-order valence-electron chi connectivity index (χ1n) is 7.79. The monoisotopic (exact) mass is 316 g/mol. The Kier molecular flexibility index (Phi) is 4.18. The second-order valence-electron chi connectivity index (χ2n) is 5.68. The molecule has 0 spiro atoms. The molecule has 1 aromatic heterocycles. The molecule has 2 atom stereocenters. The number of benzene rings is 1. The summed E-state index contributed by atoms with van der Waals surface area (Å²) >= 11 is 0. The number of ether oxygens (including phenoxy) is 1. The Morgan fingerprint density at radius 2 is 2.30 bits per heavy atom. The molecule has 1 saturated heterocycles. The van der Waals surface area contributed by atoms with Crippen molar-refractivity contribution in [1.82, 2.24) is 20.6 Å². The highest BCUT2D eigenvalue weighted by molar-refractivity contribution is 5.97. The summed E-state index contributed by atoms with van der Waals surface area (Å²) < 4.78 is 5.33. The van der Waals surface area contributed by atoms with E-state index in [1.165, 1.54) is 0 Å². The lowest BCUT2D eigenvalue weighted by atomic mass is 9.99. The smallest absolute Gasteiger partial charge is 0.294 e. The van der Waals surface area contributed by atoms with Crippen molar-refractivity contribution in [2.24, 2.45) is 0 Å². The summed E-state index contributed by atoms with van der Waals surface area (Å²) in [6.07, 6.45) is 1.09. The van der Waals surface area contributed by atoms with Gasteiger partial charge in [0.25, 0.3) is 11.9 Å².